The molecule has 0 saturated carbocycles. The van der Waals surface area contributed by atoms with Gasteiger partial charge in [0.2, 0.25) is 0 Å². The number of aliphatic hydroxyl groups excluding tert-OH is 3. The molecule has 1 fully saturated rings. The molecule has 3 heterocycles. The normalized spacial score (nSPS) is 31.7. The van der Waals surface area contributed by atoms with Crippen LogP contribution in [0.15, 0.2) is 12.7 Å². The van der Waals surface area contributed by atoms with Crippen molar-refractivity contribution >= 4 is 28.7 Å². The Labute approximate surface area is 112 Å². The molecule has 1 saturated heterocycles. The van der Waals surface area contributed by atoms with Gasteiger partial charge in [-0.1, -0.05) is 0 Å². The number of nitrogens with two attached hydrogens (primary N) is 1. The number of anilines is 1. The van der Waals surface area contributed by atoms with Crippen molar-refractivity contribution in [3.8, 4) is 0 Å². The van der Waals surface area contributed by atoms with E-state index in [-0.39, 0.29) is 5.82 Å². The zero-order valence-corrected chi connectivity index (χ0v) is 10.6. The Morgan fingerprint density at radius 2 is 2.00 bits per heavy atom. The van der Waals surface area contributed by atoms with Crippen molar-refractivity contribution in [3.05, 3.63) is 12.7 Å². The minimum Gasteiger partial charge on any atom is -0.389 e. The second-order valence-electron chi connectivity index (χ2n) is 4.36. The van der Waals surface area contributed by atoms with Gasteiger partial charge < -0.3 is 21.1 Å². The standard InChI is InChI=1S/C10H13N5O3S/c11-8-5-9(13-2-12-8)15(3-14-5)10-7(18)6(17)4(16)1-19-10/h2-4,6-7,10,16-18H,1H2,(H2,11,12,13). The molecule has 0 amide bonds. The van der Waals surface area contributed by atoms with Crippen LogP contribution in [0.2, 0.25) is 0 Å². The van der Waals surface area contributed by atoms with Crippen LogP contribution < -0.4 is 5.73 Å². The summed E-state index contributed by atoms with van der Waals surface area (Å²) in [5, 5.41) is 28.8. The molecule has 2 aromatic heterocycles. The van der Waals surface area contributed by atoms with Gasteiger partial charge in [0.25, 0.3) is 0 Å². The second-order valence-corrected chi connectivity index (χ2v) is 5.51. The zero-order chi connectivity index (χ0) is 13.6. The summed E-state index contributed by atoms with van der Waals surface area (Å²) in [5.41, 5.74) is 6.65. The zero-order valence-electron chi connectivity index (χ0n) is 9.79. The fourth-order valence-electron chi connectivity index (χ4n) is 2.09. The fourth-order valence-corrected chi connectivity index (χ4v) is 3.36. The predicted molar refractivity (Wildman–Crippen MR) is 69.3 cm³/mol. The van der Waals surface area contributed by atoms with E-state index in [0.717, 1.165) is 0 Å². The highest BCUT2D eigenvalue weighted by molar-refractivity contribution is 7.99. The average molecular weight is 283 g/mol. The summed E-state index contributed by atoms with van der Waals surface area (Å²) in [4.78, 5) is 12.1. The molecule has 5 N–H and O–H groups in total. The fraction of sp³-hybridized carbons (Fsp3) is 0.500. The van der Waals surface area contributed by atoms with E-state index in [1.165, 1.54) is 24.4 Å². The first kappa shape index (κ1) is 12.6. The summed E-state index contributed by atoms with van der Waals surface area (Å²) >= 11 is 1.32. The molecular formula is C10H13N5O3S. The number of rotatable bonds is 1. The van der Waals surface area contributed by atoms with E-state index in [9.17, 15) is 15.3 Å². The summed E-state index contributed by atoms with van der Waals surface area (Å²) in [6.45, 7) is 0. The first-order valence-electron chi connectivity index (χ1n) is 5.68. The Morgan fingerprint density at radius 1 is 1.21 bits per heavy atom. The van der Waals surface area contributed by atoms with Gasteiger partial charge in [0.15, 0.2) is 11.5 Å². The Hall–Kier alpha value is -1.42. The summed E-state index contributed by atoms with van der Waals surface area (Å²) in [6.07, 6.45) is -0.418. The maximum Gasteiger partial charge on any atom is 0.166 e. The SMILES string of the molecule is Nc1ncnc2c1ncn2C1SCC(O)C(O)C1O. The van der Waals surface area contributed by atoms with E-state index in [0.29, 0.717) is 16.9 Å². The van der Waals surface area contributed by atoms with Crippen LogP contribution in [-0.4, -0.2) is 58.9 Å². The highest BCUT2D eigenvalue weighted by Gasteiger charge is 2.38. The molecule has 1 aliphatic heterocycles. The molecule has 4 atom stereocenters. The lowest BCUT2D eigenvalue weighted by Gasteiger charge is -2.35. The third kappa shape index (κ3) is 1.94. The topological polar surface area (TPSA) is 130 Å². The van der Waals surface area contributed by atoms with E-state index in [2.05, 4.69) is 15.0 Å². The van der Waals surface area contributed by atoms with Gasteiger partial charge in [-0.3, -0.25) is 4.57 Å². The molecule has 3 rings (SSSR count). The van der Waals surface area contributed by atoms with Crippen LogP contribution in [0.5, 0.6) is 0 Å². The predicted octanol–water partition coefficient (Wildman–Crippen LogP) is -1.26. The van der Waals surface area contributed by atoms with Crippen LogP contribution in [0.3, 0.4) is 0 Å². The first-order chi connectivity index (χ1) is 9.09. The van der Waals surface area contributed by atoms with Crippen LogP contribution in [-0.2, 0) is 0 Å². The van der Waals surface area contributed by atoms with Gasteiger partial charge in [0.1, 0.15) is 29.4 Å². The van der Waals surface area contributed by atoms with E-state index in [1.54, 1.807) is 4.57 Å². The molecule has 9 heteroatoms. The molecule has 0 aromatic carbocycles. The van der Waals surface area contributed by atoms with Crippen molar-refractivity contribution in [1.29, 1.82) is 0 Å². The molecule has 0 radical (unpaired) electrons. The average Bonchev–Trinajstić information content (AvgIpc) is 2.82. The lowest BCUT2D eigenvalue weighted by Crippen LogP contribution is -2.47. The van der Waals surface area contributed by atoms with Gasteiger partial charge in [-0.2, -0.15) is 0 Å². The maximum atomic E-state index is 10.1. The highest BCUT2D eigenvalue weighted by Crippen LogP contribution is 2.36. The van der Waals surface area contributed by atoms with Gasteiger partial charge in [0, 0.05) is 5.75 Å². The number of imidazole rings is 1. The molecule has 102 valence electrons. The Bertz CT molecular complexity index is 606. The summed E-state index contributed by atoms with van der Waals surface area (Å²) in [6, 6.07) is 0. The van der Waals surface area contributed by atoms with E-state index in [4.69, 9.17) is 5.73 Å². The first-order valence-corrected chi connectivity index (χ1v) is 6.73. The number of nitrogen functional groups attached to an aromatic ring is 1. The number of thioether (sulfide) groups is 1. The van der Waals surface area contributed by atoms with Crippen LogP contribution in [0.1, 0.15) is 5.37 Å². The van der Waals surface area contributed by atoms with Gasteiger partial charge in [-0.15, -0.1) is 11.8 Å². The quantitative estimate of drug-likeness (QED) is 0.510. The Balaban J connectivity index is 2.03. The van der Waals surface area contributed by atoms with Crippen LogP contribution in [0.25, 0.3) is 11.2 Å². The molecule has 0 spiro atoms. The molecule has 19 heavy (non-hydrogen) atoms. The van der Waals surface area contributed by atoms with Crippen molar-refractivity contribution in [3.63, 3.8) is 0 Å². The van der Waals surface area contributed by atoms with Crippen molar-refractivity contribution in [1.82, 2.24) is 19.5 Å². The number of hydrogen-bond acceptors (Lipinski definition) is 8. The van der Waals surface area contributed by atoms with Gasteiger partial charge >= 0.3 is 0 Å². The minimum absolute atomic E-state index is 0.264. The molecule has 2 aromatic rings. The van der Waals surface area contributed by atoms with E-state index in [1.807, 2.05) is 0 Å². The Kier molecular flexibility index (Phi) is 3.05. The number of hydrogen-bond donors (Lipinski definition) is 4. The molecule has 8 nitrogen and oxygen atoms in total. The Morgan fingerprint density at radius 3 is 2.79 bits per heavy atom. The smallest absolute Gasteiger partial charge is 0.166 e. The van der Waals surface area contributed by atoms with Crippen molar-refractivity contribution in [2.45, 2.75) is 23.7 Å². The number of aromatic nitrogens is 4. The van der Waals surface area contributed by atoms with Crippen LogP contribution >= 0.6 is 11.8 Å². The van der Waals surface area contributed by atoms with Crippen LogP contribution in [0, 0.1) is 0 Å². The second kappa shape index (κ2) is 4.60. The largest absolute Gasteiger partial charge is 0.389 e. The van der Waals surface area contributed by atoms with Crippen molar-refractivity contribution < 1.29 is 15.3 Å². The van der Waals surface area contributed by atoms with E-state index < -0.39 is 23.7 Å². The summed E-state index contributed by atoms with van der Waals surface area (Å²) < 4.78 is 1.64. The van der Waals surface area contributed by atoms with Gasteiger partial charge in [-0.25, -0.2) is 15.0 Å². The summed E-state index contributed by atoms with van der Waals surface area (Å²) in [5.74, 6) is 0.586. The third-order valence-corrected chi connectivity index (χ3v) is 4.52. The van der Waals surface area contributed by atoms with E-state index >= 15 is 0 Å². The lowest BCUT2D eigenvalue weighted by atomic mass is 10.1. The molecule has 4 unspecified atom stereocenters. The monoisotopic (exact) mass is 283 g/mol. The maximum absolute atomic E-state index is 10.1. The number of nitrogens with zero attached hydrogens (tertiary/aromatic N) is 4. The number of aliphatic hydroxyl groups is 3. The molecule has 0 aliphatic carbocycles. The van der Waals surface area contributed by atoms with Gasteiger partial charge in [0.05, 0.1) is 12.4 Å². The molecular weight excluding hydrogens is 270 g/mol. The number of fused-ring (bicyclic) bond motifs is 1. The lowest BCUT2D eigenvalue weighted by molar-refractivity contribution is -0.0625. The molecule has 1 aliphatic rings. The minimum atomic E-state index is -1.19. The van der Waals surface area contributed by atoms with Gasteiger partial charge in [-0.05, 0) is 0 Å². The van der Waals surface area contributed by atoms with Crippen LogP contribution in [0.4, 0.5) is 5.82 Å². The summed E-state index contributed by atoms with van der Waals surface area (Å²) in [7, 11) is 0. The third-order valence-electron chi connectivity index (χ3n) is 3.14. The van der Waals surface area contributed by atoms with Crippen molar-refractivity contribution in [2.75, 3.05) is 11.5 Å². The van der Waals surface area contributed by atoms with Crippen molar-refractivity contribution in [2.24, 2.45) is 0 Å². The highest BCUT2D eigenvalue weighted by atomic mass is 32.2. The molecule has 0 bridgehead atoms.